The minimum atomic E-state index is 0.220. The van der Waals surface area contributed by atoms with E-state index >= 15 is 0 Å². The highest BCUT2D eigenvalue weighted by atomic mass is 16.3. The van der Waals surface area contributed by atoms with Crippen LogP contribution in [0.25, 0.3) is 0 Å². The van der Waals surface area contributed by atoms with Crippen LogP contribution in [0.5, 0.6) is 0 Å². The van der Waals surface area contributed by atoms with Gasteiger partial charge in [-0.25, -0.2) is 0 Å². The number of piperidine rings is 1. The molecule has 2 N–H and O–H groups in total. The van der Waals surface area contributed by atoms with Gasteiger partial charge in [0, 0.05) is 18.3 Å². The third-order valence-electron chi connectivity index (χ3n) is 3.21. The predicted molar refractivity (Wildman–Crippen MR) is 59.7 cm³/mol. The Morgan fingerprint density at radius 3 is 3.13 bits per heavy atom. The molecule has 0 spiro atoms. The Bertz CT molecular complexity index is 283. The summed E-state index contributed by atoms with van der Waals surface area (Å²) in [5.41, 5.74) is 1.16. The second kappa shape index (κ2) is 5.24. The van der Waals surface area contributed by atoms with Crippen molar-refractivity contribution >= 4 is 0 Å². The highest BCUT2D eigenvalue weighted by molar-refractivity contribution is 5.16. The maximum atomic E-state index is 9.48. The van der Waals surface area contributed by atoms with Crippen molar-refractivity contribution in [3.05, 3.63) is 30.1 Å². The molecular formula is C12H18N2O. The minimum Gasteiger partial charge on any atom is -0.396 e. The van der Waals surface area contributed by atoms with Gasteiger partial charge in [-0.1, -0.05) is 6.07 Å². The summed E-state index contributed by atoms with van der Waals surface area (Å²) in [5.74, 6) is 0.791. The van der Waals surface area contributed by atoms with E-state index in [1.807, 2.05) is 12.3 Å². The van der Waals surface area contributed by atoms with Crippen LogP contribution < -0.4 is 5.32 Å². The molecule has 2 rings (SSSR count). The number of aromatic nitrogens is 1. The standard InChI is InChI=1S/C12H18N2O/c15-9-12(10-3-1-5-13-7-10)11-4-2-6-14-8-11/h1,3,5,7,11-12,14-15H,2,4,6,8-9H2. The highest BCUT2D eigenvalue weighted by Gasteiger charge is 2.24. The first-order chi connectivity index (χ1) is 7.42. The summed E-state index contributed by atoms with van der Waals surface area (Å²) in [5, 5.41) is 12.9. The quantitative estimate of drug-likeness (QED) is 0.780. The molecule has 3 heteroatoms. The minimum absolute atomic E-state index is 0.220. The molecule has 1 fully saturated rings. The van der Waals surface area contributed by atoms with Crippen LogP contribution >= 0.6 is 0 Å². The van der Waals surface area contributed by atoms with Crippen LogP contribution in [0, 0.1) is 5.92 Å². The zero-order valence-corrected chi connectivity index (χ0v) is 8.89. The number of hydrogen-bond donors (Lipinski definition) is 2. The van der Waals surface area contributed by atoms with E-state index in [0.717, 1.165) is 18.7 Å². The normalized spacial score (nSPS) is 23.7. The summed E-state index contributed by atoms with van der Waals surface area (Å²) in [6.07, 6.45) is 6.06. The van der Waals surface area contributed by atoms with Gasteiger partial charge < -0.3 is 10.4 Å². The number of pyridine rings is 1. The molecule has 15 heavy (non-hydrogen) atoms. The first-order valence-electron chi connectivity index (χ1n) is 5.63. The van der Waals surface area contributed by atoms with Gasteiger partial charge in [0.25, 0.3) is 0 Å². The summed E-state index contributed by atoms with van der Waals surface area (Å²) in [7, 11) is 0. The maximum absolute atomic E-state index is 9.48. The van der Waals surface area contributed by atoms with Gasteiger partial charge in [-0.2, -0.15) is 0 Å². The van der Waals surface area contributed by atoms with Crippen molar-refractivity contribution in [1.29, 1.82) is 0 Å². The molecule has 2 unspecified atom stereocenters. The molecule has 2 atom stereocenters. The van der Waals surface area contributed by atoms with Gasteiger partial charge in [-0.05, 0) is 43.5 Å². The highest BCUT2D eigenvalue weighted by Crippen LogP contribution is 2.28. The molecule has 0 aliphatic carbocycles. The Morgan fingerprint density at radius 2 is 2.53 bits per heavy atom. The SMILES string of the molecule is OCC(c1cccnc1)C1CCCNC1. The Labute approximate surface area is 90.5 Å². The van der Waals surface area contributed by atoms with Crippen LogP contribution in [0.4, 0.5) is 0 Å². The molecular weight excluding hydrogens is 188 g/mol. The Kier molecular flexibility index (Phi) is 3.69. The first-order valence-corrected chi connectivity index (χ1v) is 5.63. The molecule has 1 saturated heterocycles. The molecule has 1 aromatic rings. The average molecular weight is 206 g/mol. The van der Waals surface area contributed by atoms with Crippen molar-refractivity contribution in [1.82, 2.24) is 10.3 Å². The lowest BCUT2D eigenvalue weighted by molar-refractivity contribution is 0.203. The molecule has 3 nitrogen and oxygen atoms in total. The van der Waals surface area contributed by atoms with Gasteiger partial charge >= 0.3 is 0 Å². The fourth-order valence-corrected chi connectivity index (χ4v) is 2.34. The Hall–Kier alpha value is -0.930. The largest absolute Gasteiger partial charge is 0.396 e. The Balaban J connectivity index is 2.09. The lowest BCUT2D eigenvalue weighted by Crippen LogP contribution is -2.34. The van der Waals surface area contributed by atoms with Crippen molar-refractivity contribution in [2.45, 2.75) is 18.8 Å². The number of rotatable bonds is 3. The van der Waals surface area contributed by atoms with Crippen LogP contribution in [0.3, 0.4) is 0 Å². The van der Waals surface area contributed by atoms with Crippen molar-refractivity contribution in [2.75, 3.05) is 19.7 Å². The van der Waals surface area contributed by atoms with Crippen molar-refractivity contribution in [3.8, 4) is 0 Å². The first kappa shape index (κ1) is 10.6. The zero-order chi connectivity index (χ0) is 10.5. The number of nitrogens with one attached hydrogen (secondary N) is 1. The van der Waals surface area contributed by atoms with E-state index < -0.39 is 0 Å². The van der Waals surface area contributed by atoms with E-state index in [1.54, 1.807) is 6.20 Å². The molecule has 0 amide bonds. The second-order valence-corrected chi connectivity index (χ2v) is 4.18. The van der Waals surface area contributed by atoms with Gasteiger partial charge in [-0.15, -0.1) is 0 Å². The van der Waals surface area contributed by atoms with Crippen LogP contribution in [-0.4, -0.2) is 29.8 Å². The topological polar surface area (TPSA) is 45.2 Å². The second-order valence-electron chi connectivity index (χ2n) is 4.18. The summed E-state index contributed by atoms with van der Waals surface area (Å²) in [6, 6.07) is 4.00. The van der Waals surface area contributed by atoms with E-state index in [2.05, 4.69) is 16.4 Å². The zero-order valence-electron chi connectivity index (χ0n) is 8.89. The van der Waals surface area contributed by atoms with Crippen LogP contribution in [0.15, 0.2) is 24.5 Å². The smallest absolute Gasteiger partial charge is 0.0503 e. The number of aliphatic hydroxyl groups is 1. The summed E-state index contributed by atoms with van der Waals surface area (Å²) < 4.78 is 0. The number of nitrogens with zero attached hydrogens (tertiary/aromatic N) is 1. The van der Waals surface area contributed by atoms with E-state index in [1.165, 1.54) is 12.8 Å². The maximum Gasteiger partial charge on any atom is 0.0503 e. The molecule has 2 heterocycles. The number of aliphatic hydroxyl groups excluding tert-OH is 1. The molecule has 0 aromatic carbocycles. The van der Waals surface area contributed by atoms with Gasteiger partial charge in [0.05, 0.1) is 6.61 Å². The fourth-order valence-electron chi connectivity index (χ4n) is 2.34. The number of hydrogen-bond acceptors (Lipinski definition) is 3. The van der Waals surface area contributed by atoms with Crippen molar-refractivity contribution in [3.63, 3.8) is 0 Å². The molecule has 0 saturated carbocycles. The van der Waals surface area contributed by atoms with Crippen LogP contribution in [0.2, 0.25) is 0 Å². The van der Waals surface area contributed by atoms with Gasteiger partial charge in [-0.3, -0.25) is 4.98 Å². The average Bonchev–Trinajstić information content (AvgIpc) is 2.33. The van der Waals surface area contributed by atoms with Gasteiger partial charge in [0.1, 0.15) is 0 Å². The summed E-state index contributed by atoms with van der Waals surface area (Å²) in [6.45, 7) is 2.35. The Morgan fingerprint density at radius 1 is 1.60 bits per heavy atom. The third kappa shape index (κ3) is 2.55. The van der Waals surface area contributed by atoms with Gasteiger partial charge in [0.15, 0.2) is 0 Å². The van der Waals surface area contributed by atoms with E-state index in [9.17, 15) is 5.11 Å². The lowest BCUT2D eigenvalue weighted by atomic mass is 9.83. The molecule has 0 radical (unpaired) electrons. The molecule has 0 bridgehead atoms. The van der Waals surface area contributed by atoms with Gasteiger partial charge in [0.2, 0.25) is 0 Å². The molecule has 1 aromatic heterocycles. The van der Waals surface area contributed by atoms with Crippen LogP contribution in [0.1, 0.15) is 24.3 Å². The lowest BCUT2D eigenvalue weighted by Gasteiger charge is -2.29. The molecule has 1 aliphatic heterocycles. The summed E-state index contributed by atoms with van der Waals surface area (Å²) >= 11 is 0. The fraction of sp³-hybridized carbons (Fsp3) is 0.583. The predicted octanol–water partition coefficient (Wildman–Crippen LogP) is 1.16. The van der Waals surface area contributed by atoms with E-state index in [4.69, 9.17) is 0 Å². The van der Waals surface area contributed by atoms with Crippen molar-refractivity contribution in [2.24, 2.45) is 5.92 Å². The van der Waals surface area contributed by atoms with Crippen LogP contribution in [-0.2, 0) is 0 Å². The van der Waals surface area contributed by atoms with E-state index in [-0.39, 0.29) is 12.5 Å². The monoisotopic (exact) mass is 206 g/mol. The van der Waals surface area contributed by atoms with E-state index in [0.29, 0.717) is 5.92 Å². The molecule has 1 aliphatic rings. The van der Waals surface area contributed by atoms with Crippen molar-refractivity contribution < 1.29 is 5.11 Å². The molecule has 82 valence electrons. The summed E-state index contributed by atoms with van der Waals surface area (Å²) in [4.78, 5) is 4.12. The third-order valence-corrected chi connectivity index (χ3v) is 3.21.